The quantitative estimate of drug-likeness (QED) is 0.628. The summed E-state index contributed by atoms with van der Waals surface area (Å²) in [5.74, 6) is 0.213. The first-order valence-corrected chi connectivity index (χ1v) is 5.31. The van der Waals surface area contributed by atoms with Crippen LogP contribution in [0.3, 0.4) is 0 Å². The van der Waals surface area contributed by atoms with Crippen LogP contribution in [-0.2, 0) is 5.88 Å². The summed E-state index contributed by atoms with van der Waals surface area (Å²) in [5, 5.41) is 0.694. The van der Waals surface area contributed by atoms with Crippen LogP contribution in [0.4, 0.5) is 4.39 Å². The van der Waals surface area contributed by atoms with Crippen LogP contribution >= 0.6 is 22.9 Å². The Bertz CT molecular complexity index is 447. The van der Waals surface area contributed by atoms with Gasteiger partial charge in [-0.05, 0) is 24.6 Å². The average molecular weight is 215 g/mol. The molecule has 0 amide bonds. The summed E-state index contributed by atoms with van der Waals surface area (Å²) in [6, 6.07) is 5.13. The summed E-state index contributed by atoms with van der Waals surface area (Å²) < 4.78 is 14.4. The maximum absolute atomic E-state index is 13.4. The van der Waals surface area contributed by atoms with E-state index < -0.39 is 0 Å². The van der Waals surface area contributed by atoms with Crippen molar-refractivity contribution >= 4 is 33.0 Å². The predicted octanol–water partition coefficient (Wildman–Crippen LogP) is 4.09. The molecule has 0 unspecified atom stereocenters. The van der Waals surface area contributed by atoms with E-state index in [-0.39, 0.29) is 5.82 Å². The summed E-state index contributed by atoms with van der Waals surface area (Å²) >= 11 is 7.36. The Morgan fingerprint density at radius 3 is 2.92 bits per heavy atom. The van der Waals surface area contributed by atoms with Gasteiger partial charge in [-0.15, -0.1) is 22.9 Å². The monoisotopic (exact) mass is 214 g/mol. The molecule has 0 aliphatic rings. The summed E-state index contributed by atoms with van der Waals surface area (Å²) in [6.07, 6.45) is 0. The van der Waals surface area contributed by atoms with Crippen molar-refractivity contribution in [2.24, 2.45) is 0 Å². The molecule has 1 aromatic heterocycles. The normalized spacial score (nSPS) is 11.0. The van der Waals surface area contributed by atoms with E-state index in [1.165, 1.54) is 6.07 Å². The molecule has 0 aliphatic carbocycles. The van der Waals surface area contributed by atoms with Gasteiger partial charge in [-0.2, -0.15) is 0 Å². The van der Waals surface area contributed by atoms with E-state index in [0.717, 1.165) is 15.1 Å². The number of rotatable bonds is 1. The van der Waals surface area contributed by atoms with Crippen molar-refractivity contribution in [1.29, 1.82) is 0 Å². The molecule has 0 bridgehead atoms. The van der Waals surface area contributed by atoms with Crippen molar-refractivity contribution in [3.8, 4) is 0 Å². The summed E-state index contributed by atoms with van der Waals surface area (Å²) in [7, 11) is 0. The van der Waals surface area contributed by atoms with E-state index in [1.54, 1.807) is 17.4 Å². The first kappa shape index (κ1) is 8.97. The second-order valence-electron chi connectivity index (χ2n) is 2.88. The van der Waals surface area contributed by atoms with Crippen LogP contribution in [-0.4, -0.2) is 0 Å². The molecule has 0 nitrogen and oxygen atoms in total. The lowest BCUT2D eigenvalue weighted by atomic mass is 10.1. The fraction of sp³-hybridized carbons (Fsp3) is 0.200. The Labute approximate surface area is 85.0 Å². The van der Waals surface area contributed by atoms with E-state index >= 15 is 0 Å². The molecule has 0 N–H and O–H groups in total. The Hall–Kier alpha value is -0.600. The molecule has 0 saturated carbocycles. The number of aryl methyl sites for hydroxylation is 1. The van der Waals surface area contributed by atoms with Crippen molar-refractivity contribution < 1.29 is 4.39 Å². The van der Waals surface area contributed by atoms with E-state index in [9.17, 15) is 4.39 Å². The van der Waals surface area contributed by atoms with Gasteiger partial charge in [0.15, 0.2) is 0 Å². The maximum atomic E-state index is 13.4. The summed E-state index contributed by atoms with van der Waals surface area (Å²) in [4.78, 5) is 1.11. The third kappa shape index (κ3) is 1.34. The lowest BCUT2D eigenvalue weighted by Crippen LogP contribution is -1.81. The minimum absolute atomic E-state index is 0.169. The topological polar surface area (TPSA) is 0 Å². The number of fused-ring (bicyclic) bond motifs is 1. The molecule has 1 heterocycles. The van der Waals surface area contributed by atoms with Crippen LogP contribution in [0, 0.1) is 12.7 Å². The average Bonchev–Trinajstić information content (AvgIpc) is 2.42. The molecule has 0 saturated heterocycles. The fourth-order valence-corrected chi connectivity index (χ4v) is 2.96. The van der Waals surface area contributed by atoms with Gasteiger partial charge in [-0.3, -0.25) is 0 Å². The SMILES string of the molecule is Cc1sc2cccc(F)c2c1CCl. The van der Waals surface area contributed by atoms with Crippen LogP contribution in [0.2, 0.25) is 0 Å². The van der Waals surface area contributed by atoms with E-state index in [1.807, 2.05) is 13.0 Å². The molecule has 3 heteroatoms. The van der Waals surface area contributed by atoms with Crippen molar-refractivity contribution in [1.82, 2.24) is 0 Å². The van der Waals surface area contributed by atoms with Crippen molar-refractivity contribution in [3.05, 3.63) is 34.5 Å². The van der Waals surface area contributed by atoms with Gasteiger partial charge in [0, 0.05) is 20.8 Å². The minimum Gasteiger partial charge on any atom is -0.206 e. The Kier molecular flexibility index (Phi) is 2.26. The Morgan fingerprint density at radius 2 is 2.23 bits per heavy atom. The van der Waals surface area contributed by atoms with Crippen molar-refractivity contribution in [2.75, 3.05) is 0 Å². The Balaban J connectivity index is 2.88. The minimum atomic E-state index is -0.169. The predicted molar refractivity (Wildman–Crippen MR) is 56.1 cm³/mol. The number of alkyl halides is 1. The van der Waals surface area contributed by atoms with Gasteiger partial charge in [0.2, 0.25) is 0 Å². The molecule has 1 aromatic carbocycles. The highest BCUT2D eigenvalue weighted by atomic mass is 35.5. The van der Waals surface area contributed by atoms with Crippen LogP contribution in [0.5, 0.6) is 0 Å². The zero-order chi connectivity index (χ0) is 9.42. The van der Waals surface area contributed by atoms with Gasteiger partial charge in [0.25, 0.3) is 0 Å². The lowest BCUT2D eigenvalue weighted by Gasteiger charge is -1.95. The fourth-order valence-electron chi connectivity index (χ4n) is 1.45. The number of hydrogen-bond acceptors (Lipinski definition) is 1. The number of hydrogen-bond donors (Lipinski definition) is 0. The second-order valence-corrected chi connectivity index (χ2v) is 4.41. The van der Waals surface area contributed by atoms with Crippen LogP contribution in [0.15, 0.2) is 18.2 Å². The molecular formula is C10H8ClFS. The third-order valence-electron chi connectivity index (χ3n) is 2.10. The molecule has 0 atom stereocenters. The first-order valence-electron chi connectivity index (χ1n) is 3.96. The van der Waals surface area contributed by atoms with Gasteiger partial charge in [0.05, 0.1) is 0 Å². The number of halogens is 2. The smallest absolute Gasteiger partial charge is 0.132 e. The molecule has 0 fully saturated rings. The van der Waals surface area contributed by atoms with Gasteiger partial charge < -0.3 is 0 Å². The van der Waals surface area contributed by atoms with Crippen LogP contribution < -0.4 is 0 Å². The van der Waals surface area contributed by atoms with E-state index in [4.69, 9.17) is 11.6 Å². The summed E-state index contributed by atoms with van der Waals surface area (Å²) in [5.41, 5.74) is 0.930. The molecule has 2 aromatic rings. The number of benzene rings is 1. The largest absolute Gasteiger partial charge is 0.206 e. The highest BCUT2D eigenvalue weighted by Crippen LogP contribution is 2.33. The zero-order valence-corrected chi connectivity index (χ0v) is 8.68. The van der Waals surface area contributed by atoms with E-state index in [0.29, 0.717) is 11.3 Å². The summed E-state index contributed by atoms with van der Waals surface area (Å²) in [6.45, 7) is 1.97. The molecule has 0 radical (unpaired) electrons. The molecule has 0 spiro atoms. The van der Waals surface area contributed by atoms with E-state index in [2.05, 4.69) is 0 Å². The van der Waals surface area contributed by atoms with Gasteiger partial charge in [-0.25, -0.2) is 4.39 Å². The van der Waals surface area contributed by atoms with Crippen LogP contribution in [0.25, 0.3) is 10.1 Å². The molecule has 0 aliphatic heterocycles. The van der Waals surface area contributed by atoms with Crippen molar-refractivity contribution in [3.63, 3.8) is 0 Å². The second kappa shape index (κ2) is 3.28. The molecule has 2 rings (SSSR count). The van der Waals surface area contributed by atoms with Crippen molar-refractivity contribution in [2.45, 2.75) is 12.8 Å². The van der Waals surface area contributed by atoms with Gasteiger partial charge in [0.1, 0.15) is 5.82 Å². The molecular weight excluding hydrogens is 207 g/mol. The molecule has 13 heavy (non-hydrogen) atoms. The zero-order valence-electron chi connectivity index (χ0n) is 7.10. The lowest BCUT2D eigenvalue weighted by molar-refractivity contribution is 0.639. The van der Waals surface area contributed by atoms with Gasteiger partial charge in [-0.1, -0.05) is 6.07 Å². The highest BCUT2D eigenvalue weighted by molar-refractivity contribution is 7.19. The van der Waals surface area contributed by atoms with Gasteiger partial charge >= 0.3 is 0 Å². The maximum Gasteiger partial charge on any atom is 0.132 e. The first-order chi connectivity index (χ1) is 6.24. The third-order valence-corrected chi connectivity index (χ3v) is 3.48. The highest BCUT2D eigenvalue weighted by Gasteiger charge is 2.11. The Morgan fingerprint density at radius 1 is 1.46 bits per heavy atom. The number of thiophene rings is 1. The molecule has 68 valence electrons. The van der Waals surface area contributed by atoms with Crippen LogP contribution in [0.1, 0.15) is 10.4 Å². The standard InChI is InChI=1S/C10H8ClFS/c1-6-7(5-11)10-8(12)3-2-4-9(10)13-6/h2-4H,5H2,1H3.